The van der Waals surface area contributed by atoms with Crippen molar-refractivity contribution in [1.29, 1.82) is 0 Å². The van der Waals surface area contributed by atoms with Crippen LogP contribution < -0.4 is 9.47 Å². The Labute approximate surface area is 201 Å². The van der Waals surface area contributed by atoms with Crippen LogP contribution in [0.15, 0.2) is 52.0 Å². The third-order valence-electron chi connectivity index (χ3n) is 4.79. The number of hydrogen-bond donors (Lipinski definition) is 0. The normalized spacial score (nSPS) is 12.0. The van der Waals surface area contributed by atoms with Crippen LogP contribution in [0.5, 0.6) is 11.5 Å². The van der Waals surface area contributed by atoms with Crippen LogP contribution in [0.1, 0.15) is 42.3 Å². The van der Waals surface area contributed by atoms with E-state index in [-0.39, 0.29) is 11.9 Å². The van der Waals surface area contributed by atoms with Crippen LogP contribution in [0.3, 0.4) is 0 Å². The van der Waals surface area contributed by atoms with Gasteiger partial charge in [-0.15, -0.1) is 20.4 Å². The van der Waals surface area contributed by atoms with Crippen LogP contribution >= 0.6 is 23.4 Å². The lowest BCUT2D eigenvalue weighted by Gasteiger charge is -2.13. The van der Waals surface area contributed by atoms with E-state index in [9.17, 15) is 0 Å². The molecule has 0 aliphatic heterocycles. The maximum absolute atomic E-state index is 6.42. The first kappa shape index (κ1) is 23.1. The molecule has 2 aromatic heterocycles. The lowest BCUT2D eigenvalue weighted by atomic mass is 10.2. The van der Waals surface area contributed by atoms with E-state index < -0.39 is 0 Å². The second-order valence-corrected chi connectivity index (χ2v) is 9.00. The average Bonchev–Trinajstić information content (AvgIpc) is 3.41. The van der Waals surface area contributed by atoms with Crippen molar-refractivity contribution in [2.24, 2.45) is 0 Å². The summed E-state index contributed by atoms with van der Waals surface area (Å²) in [6.45, 7) is 8.50. The molecular formula is C23H24ClN5O3S. The summed E-state index contributed by atoms with van der Waals surface area (Å²) < 4.78 is 19.0. The SMILES string of the molecule is CCOc1ccc(OCc2nnc(SC(C)c3nnc(C)o3)n2-c2ccc(C)c(Cl)c2)cc1. The van der Waals surface area contributed by atoms with Crippen molar-refractivity contribution in [3.05, 3.63) is 70.7 Å². The summed E-state index contributed by atoms with van der Waals surface area (Å²) in [6, 6.07) is 13.3. The van der Waals surface area contributed by atoms with Gasteiger partial charge in [0.2, 0.25) is 11.8 Å². The van der Waals surface area contributed by atoms with E-state index in [4.69, 9.17) is 25.5 Å². The van der Waals surface area contributed by atoms with Gasteiger partial charge in [0.05, 0.1) is 17.5 Å². The van der Waals surface area contributed by atoms with Crippen molar-refractivity contribution in [2.45, 2.75) is 44.7 Å². The fourth-order valence-corrected chi connectivity index (χ4v) is 4.17. The lowest BCUT2D eigenvalue weighted by Crippen LogP contribution is -2.07. The molecule has 0 amide bonds. The molecule has 0 radical (unpaired) electrons. The second kappa shape index (κ2) is 10.3. The van der Waals surface area contributed by atoms with Gasteiger partial charge in [-0.2, -0.15) is 0 Å². The maximum atomic E-state index is 6.42. The van der Waals surface area contributed by atoms with Gasteiger partial charge in [0, 0.05) is 11.9 Å². The van der Waals surface area contributed by atoms with Crippen molar-refractivity contribution < 1.29 is 13.9 Å². The zero-order valence-corrected chi connectivity index (χ0v) is 20.4. The molecule has 0 saturated heterocycles. The van der Waals surface area contributed by atoms with E-state index in [2.05, 4.69) is 20.4 Å². The zero-order chi connectivity index (χ0) is 23.4. The molecule has 0 fully saturated rings. The fourth-order valence-electron chi connectivity index (χ4n) is 3.08. The van der Waals surface area contributed by atoms with Crippen LogP contribution in [0.25, 0.3) is 5.69 Å². The highest BCUT2D eigenvalue weighted by Gasteiger charge is 2.21. The van der Waals surface area contributed by atoms with E-state index in [1.807, 2.05) is 67.8 Å². The Bertz CT molecular complexity index is 1230. The molecule has 4 aromatic rings. The predicted octanol–water partition coefficient (Wildman–Crippen LogP) is 5.75. The van der Waals surface area contributed by atoms with Crippen LogP contribution in [-0.4, -0.2) is 31.6 Å². The minimum atomic E-state index is -0.116. The number of rotatable bonds is 9. The first-order valence-corrected chi connectivity index (χ1v) is 11.7. The number of halogens is 1. The van der Waals surface area contributed by atoms with Gasteiger partial charge in [-0.3, -0.25) is 4.57 Å². The zero-order valence-electron chi connectivity index (χ0n) is 18.8. The summed E-state index contributed by atoms with van der Waals surface area (Å²) in [5.41, 5.74) is 1.84. The molecule has 33 heavy (non-hydrogen) atoms. The number of ether oxygens (including phenoxy) is 2. The Morgan fingerprint density at radius 1 is 1.00 bits per heavy atom. The van der Waals surface area contributed by atoms with Gasteiger partial charge in [0.1, 0.15) is 18.1 Å². The van der Waals surface area contributed by atoms with Gasteiger partial charge in [-0.1, -0.05) is 29.4 Å². The smallest absolute Gasteiger partial charge is 0.229 e. The van der Waals surface area contributed by atoms with Crippen molar-refractivity contribution in [3.8, 4) is 17.2 Å². The Morgan fingerprint density at radius 2 is 1.73 bits per heavy atom. The Morgan fingerprint density at radius 3 is 2.36 bits per heavy atom. The van der Waals surface area contributed by atoms with Crippen LogP contribution in [0.2, 0.25) is 5.02 Å². The van der Waals surface area contributed by atoms with Crippen molar-refractivity contribution in [2.75, 3.05) is 6.61 Å². The quantitative estimate of drug-likeness (QED) is 0.277. The highest BCUT2D eigenvalue weighted by atomic mass is 35.5. The molecule has 1 unspecified atom stereocenters. The highest BCUT2D eigenvalue weighted by Crippen LogP contribution is 2.35. The molecule has 10 heteroatoms. The van der Waals surface area contributed by atoms with Gasteiger partial charge in [0.25, 0.3) is 0 Å². The topological polar surface area (TPSA) is 88.1 Å². The maximum Gasteiger partial charge on any atom is 0.229 e. The third-order valence-corrected chi connectivity index (χ3v) is 6.23. The molecule has 1 atom stereocenters. The Balaban J connectivity index is 1.61. The van der Waals surface area contributed by atoms with E-state index in [1.54, 1.807) is 6.92 Å². The Kier molecular flexibility index (Phi) is 7.20. The summed E-state index contributed by atoms with van der Waals surface area (Å²) >= 11 is 7.89. The Hall–Kier alpha value is -3.04. The first-order valence-electron chi connectivity index (χ1n) is 10.5. The van der Waals surface area contributed by atoms with Crippen molar-refractivity contribution in [1.82, 2.24) is 25.0 Å². The molecule has 0 N–H and O–H groups in total. The van der Waals surface area contributed by atoms with Gasteiger partial charge < -0.3 is 13.9 Å². The fraction of sp³-hybridized carbons (Fsp3) is 0.304. The van der Waals surface area contributed by atoms with E-state index in [0.717, 1.165) is 17.0 Å². The number of nitrogens with zero attached hydrogens (tertiary/aromatic N) is 5. The highest BCUT2D eigenvalue weighted by molar-refractivity contribution is 7.99. The number of hydrogen-bond acceptors (Lipinski definition) is 8. The van der Waals surface area contributed by atoms with Crippen LogP contribution in [0, 0.1) is 13.8 Å². The third kappa shape index (κ3) is 5.48. The largest absolute Gasteiger partial charge is 0.494 e. The molecule has 4 rings (SSSR count). The summed E-state index contributed by atoms with van der Waals surface area (Å²) in [7, 11) is 0. The van der Waals surface area contributed by atoms with Crippen molar-refractivity contribution >= 4 is 23.4 Å². The number of benzene rings is 2. The van der Waals surface area contributed by atoms with Gasteiger partial charge in [-0.25, -0.2) is 0 Å². The predicted molar refractivity (Wildman–Crippen MR) is 126 cm³/mol. The van der Waals surface area contributed by atoms with Crippen LogP contribution in [0.4, 0.5) is 0 Å². The molecule has 0 spiro atoms. The molecule has 2 aromatic carbocycles. The van der Waals surface area contributed by atoms with E-state index in [0.29, 0.717) is 40.1 Å². The molecular weight excluding hydrogens is 462 g/mol. The summed E-state index contributed by atoms with van der Waals surface area (Å²) in [5.74, 6) is 3.19. The van der Waals surface area contributed by atoms with Gasteiger partial charge in [-0.05, 0) is 62.7 Å². The average molecular weight is 486 g/mol. The standard InChI is InChI=1S/C23H24ClN5O3S/c1-5-30-18-8-10-19(11-9-18)31-13-21-26-28-23(33-15(3)22-27-25-16(4)32-22)29(21)17-7-6-14(2)20(24)12-17/h6-12,15H,5,13H2,1-4H3. The monoisotopic (exact) mass is 485 g/mol. The molecule has 0 aliphatic rings. The lowest BCUT2D eigenvalue weighted by molar-refractivity contribution is 0.291. The van der Waals surface area contributed by atoms with E-state index in [1.165, 1.54) is 11.8 Å². The molecule has 0 aliphatic carbocycles. The molecule has 0 bridgehead atoms. The molecule has 8 nitrogen and oxygen atoms in total. The summed E-state index contributed by atoms with van der Waals surface area (Å²) in [6.07, 6.45) is 0. The second-order valence-electron chi connectivity index (χ2n) is 7.28. The molecule has 172 valence electrons. The molecule has 2 heterocycles. The number of aromatic nitrogens is 5. The van der Waals surface area contributed by atoms with E-state index >= 15 is 0 Å². The van der Waals surface area contributed by atoms with Gasteiger partial charge >= 0.3 is 0 Å². The number of aryl methyl sites for hydroxylation is 2. The van der Waals surface area contributed by atoms with Crippen molar-refractivity contribution in [3.63, 3.8) is 0 Å². The first-order chi connectivity index (χ1) is 15.9. The van der Waals surface area contributed by atoms with Crippen LogP contribution in [-0.2, 0) is 6.61 Å². The van der Waals surface area contributed by atoms with Gasteiger partial charge in [0.15, 0.2) is 11.0 Å². The molecule has 0 saturated carbocycles. The number of thioether (sulfide) groups is 1. The summed E-state index contributed by atoms with van der Waals surface area (Å²) in [4.78, 5) is 0. The summed E-state index contributed by atoms with van der Waals surface area (Å²) in [5, 5.41) is 18.1. The minimum absolute atomic E-state index is 0.116. The minimum Gasteiger partial charge on any atom is -0.494 e.